The van der Waals surface area contributed by atoms with Crippen molar-refractivity contribution in [1.82, 2.24) is 14.2 Å². The third kappa shape index (κ3) is 10.3. The third-order valence-electron chi connectivity index (χ3n) is 10.1. The number of amides is 1. The first kappa shape index (κ1) is 44.1. The molecule has 0 spiro atoms. The highest BCUT2D eigenvalue weighted by Crippen LogP contribution is 2.49. The number of carbonyl (C=O) groups is 1. The quantitative estimate of drug-likeness (QED) is 0.0486. The van der Waals surface area contributed by atoms with E-state index in [-0.39, 0.29) is 49.9 Å². The van der Waals surface area contributed by atoms with E-state index in [2.05, 4.69) is 48.7 Å². The Morgan fingerprint density at radius 3 is 1.97 bits per heavy atom. The maximum atomic E-state index is 13.8. The third-order valence-corrected chi connectivity index (χ3v) is 12.2. The topological polar surface area (TPSA) is 146 Å². The van der Waals surface area contributed by atoms with Crippen molar-refractivity contribution in [3.8, 4) is 17.6 Å². The van der Waals surface area contributed by atoms with Crippen LogP contribution in [0, 0.1) is 11.3 Å². The van der Waals surface area contributed by atoms with Crippen LogP contribution in [0.4, 0.5) is 5.82 Å². The van der Waals surface area contributed by atoms with E-state index in [1.54, 1.807) is 50.7 Å². The first-order valence-corrected chi connectivity index (χ1v) is 21.1. The van der Waals surface area contributed by atoms with E-state index in [4.69, 9.17) is 28.0 Å². The second-order valence-corrected chi connectivity index (χ2v) is 16.1. The first-order chi connectivity index (χ1) is 29.1. The van der Waals surface area contributed by atoms with Gasteiger partial charge in [-0.05, 0) is 86.8 Å². The summed E-state index contributed by atoms with van der Waals surface area (Å²) in [6.07, 6.45) is -0.204. The van der Waals surface area contributed by atoms with Gasteiger partial charge in [-0.2, -0.15) is 10.2 Å². The molecule has 0 aliphatic carbocycles. The second-order valence-electron chi connectivity index (χ2n) is 14.7. The lowest BCUT2D eigenvalue weighted by Gasteiger charge is -2.40. The van der Waals surface area contributed by atoms with Crippen molar-refractivity contribution >= 4 is 20.3 Å². The fraction of sp³-hybridized carbons (Fsp3) is 0.348. The molecule has 60 heavy (non-hydrogen) atoms. The molecule has 1 fully saturated rings. The van der Waals surface area contributed by atoms with E-state index >= 15 is 0 Å². The predicted octanol–water partition coefficient (Wildman–Crippen LogP) is 8.47. The summed E-state index contributed by atoms with van der Waals surface area (Å²) in [4.78, 5) is 30.9. The lowest BCUT2D eigenvalue weighted by molar-refractivity contribution is -0.0974. The Morgan fingerprint density at radius 2 is 1.43 bits per heavy atom. The average molecular weight is 834 g/mol. The molecule has 0 saturated carbocycles. The minimum absolute atomic E-state index is 0.0405. The Morgan fingerprint density at radius 1 is 0.867 bits per heavy atom. The Hall–Kier alpha value is -5.45. The van der Waals surface area contributed by atoms with Crippen molar-refractivity contribution in [2.75, 3.05) is 32.8 Å². The van der Waals surface area contributed by atoms with Gasteiger partial charge in [-0.3, -0.25) is 9.36 Å². The molecule has 0 bridgehead atoms. The highest BCUT2D eigenvalue weighted by atomic mass is 31.2. The Kier molecular flexibility index (Phi) is 15.2. The Bertz CT molecular complexity index is 2180. The standard InChI is InChI=1S/C46H52N5O8P/c1-32(2)51(33(3)4)60(56-29-13-27-47)57-31-41-40(30-43(58-41)50-28-26-42(49-45(50)53)48-44(52)34-14-9-7-10-15-34)59-46(35-16-11-8-12-17-35,36-18-22-38(54-5)23-19-36)37-20-24-39(55-6)25-21-37/h7-12,14-26,28,32-33,40-41,43H,13,29-31H2,1-6H3,(H,48,49,52,53)/t40-,41+,43-,60?/m0/s1. The van der Waals surface area contributed by atoms with Crippen LogP contribution in [0.25, 0.3) is 0 Å². The summed E-state index contributed by atoms with van der Waals surface area (Å²) in [5.41, 5.74) is 1.13. The van der Waals surface area contributed by atoms with Crippen molar-refractivity contribution in [3.05, 3.63) is 154 Å². The average Bonchev–Trinajstić information content (AvgIpc) is 3.66. The lowest BCUT2D eigenvalue weighted by atomic mass is 9.79. The normalized spacial score (nSPS) is 17.1. The molecular weight excluding hydrogens is 782 g/mol. The van der Waals surface area contributed by atoms with Gasteiger partial charge in [0.1, 0.15) is 35.2 Å². The maximum absolute atomic E-state index is 13.8. The molecular formula is C46H52N5O8P. The molecule has 13 nitrogen and oxygen atoms in total. The van der Waals surface area contributed by atoms with Crippen LogP contribution < -0.4 is 20.5 Å². The summed E-state index contributed by atoms with van der Waals surface area (Å²) in [5.74, 6) is 1.10. The fourth-order valence-electron chi connectivity index (χ4n) is 7.33. The van der Waals surface area contributed by atoms with Gasteiger partial charge < -0.3 is 33.3 Å². The molecule has 4 atom stereocenters. The van der Waals surface area contributed by atoms with Crippen molar-refractivity contribution in [3.63, 3.8) is 0 Å². The Balaban J connectivity index is 1.42. The van der Waals surface area contributed by atoms with Crippen molar-refractivity contribution in [1.29, 1.82) is 5.26 Å². The number of ether oxygens (including phenoxy) is 4. The summed E-state index contributed by atoms with van der Waals surface area (Å²) in [5, 5.41) is 12.0. The molecule has 314 valence electrons. The van der Waals surface area contributed by atoms with Crippen LogP contribution in [0.15, 0.2) is 126 Å². The molecule has 14 heteroatoms. The molecule has 1 saturated heterocycles. The number of methoxy groups -OCH3 is 2. The summed E-state index contributed by atoms with van der Waals surface area (Å²) < 4.78 is 41.9. The van der Waals surface area contributed by atoms with Crippen LogP contribution in [-0.4, -0.2) is 71.9 Å². The molecule has 1 aliphatic rings. The van der Waals surface area contributed by atoms with Crippen LogP contribution in [0.3, 0.4) is 0 Å². The van der Waals surface area contributed by atoms with Gasteiger partial charge in [0.2, 0.25) is 0 Å². The molecule has 1 amide bonds. The zero-order chi connectivity index (χ0) is 42.6. The van der Waals surface area contributed by atoms with Gasteiger partial charge in [0, 0.05) is 30.3 Å². The molecule has 4 aromatic carbocycles. The number of nitriles is 1. The van der Waals surface area contributed by atoms with Crippen LogP contribution in [-0.2, 0) is 24.1 Å². The number of anilines is 1. The van der Waals surface area contributed by atoms with E-state index < -0.39 is 38.3 Å². The summed E-state index contributed by atoms with van der Waals surface area (Å²) in [6, 6.07) is 38.0. The number of nitrogens with zero attached hydrogens (tertiary/aromatic N) is 4. The van der Waals surface area contributed by atoms with Crippen molar-refractivity contribution in [2.24, 2.45) is 0 Å². The minimum atomic E-state index is -1.63. The molecule has 6 rings (SSSR count). The monoisotopic (exact) mass is 833 g/mol. The number of rotatable bonds is 19. The summed E-state index contributed by atoms with van der Waals surface area (Å²) in [7, 11) is 1.61. The van der Waals surface area contributed by atoms with E-state index in [1.165, 1.54) is 4.57 Å². The number of nitrogens with one attached hydrogen (secondary N) is 1. The number of aromatic nitrogens is 2. The van der Waals surface area contributed by atoms with Crippen LogP contribution >= 0.6 is 8.53 Å². The van der Waals surface area contributed by atoms with Crippen LogP contribution in [0.1, 0.15) is 73.8 Å². The molecule has 0 radical (unpaired) electrons. The second kappa shape index (κ2) is 20.7. The fourth-order valence-corrected chi connectivity index (χ4v) is 8.95. The van der Waals surface area contributed by atoms with Crippen LogP contribution in [0.2, 0.25) is 0 Å². The maximum Gasteiger partial charge on any atom is 0.351 e. The minimum Gasteiger partial charge on any atom is -0.497 e. The molecule has 1 unspecified atom stereocenters. The summed E-state index contributed by atoms with van der Waals surface area (Å²) >= 11 is 0. The van der Waals surface area contributed by atoms with Crippen molar-refractivity contribution < 1.29 is 32.8 Å². The number of hydrogen-bond donors (Lipinski definition) is 1. The highest BCUT2D eigenvalue weighted by molar-refractivity contribution is 7.44. The Labute approximate surface area is 352 Å². The lowest BCUT2D eigenvalue weighted by Crippen LogP contribution is -2.41. The zero-order valence-electron chi connectivity index (χ0n) is 34.8. The molecule has 1 N–H and O–H groups in total. The first-order valence-electron chi connectivity index (χ1n) is 19.9. The van der Waals surface area contributed by atoms with Gasteiger partial charge in [0.15, 0.2) is 0 Å². The van der Waals surface area contributed by atoms with Gasteiger partial charge >= 0.3 is 5.69 Å². The number of benzene rings is 4. The number of carbonyl (C=O) groups excluding carboxylic acids is 1. The van der Waals surface area contributed by atoms with Gasteiger partial charge in [-0.1, -0.05) is 72.8 Å². The van der Waals surface area contributed by atoms with Crippen LogP contribution in [0.5, 0.6) is 11.5 Å². The van der Waals surface area contributed by atoms with Gasteiger partial charge in [0.25, 0.3) is 14.4 Å². The van der Waals surface area contributed by atoms with E-state index in [9.17, 15) is 14.9 Å². The van der Waals surface area contributed by atoms with Crippen molar-refractivity contribution in [2.45, 2.75) is 76.7 Å². The highest BCUT2D eigenvalue weighted by Gasteiger charge is 2.47. The van der Waals surface area contributed by atoms with E-state index in [0.717, 1.165) is 16.7 Å². The molecule has 1 aliphatic heterocycles. The molecule has 1 aromatic heterocycles. The predicted molar refractivity (Wildman–Crippen MR) is 230 cm³/mol. The smallest absolute Gasteiger partial charge is 0.351 e. The molecule has 2 heterocycles. The zero-order valence-corrected chi connectivity index (χ0v) is 35.7. The van der Waals surface area contributed by atoms with E-state index in [1.807, 2.05) is 84.9 Å². The van der Waals surface area contributed by atoms with Gasteiger partial charge in [-0.25, -0.2) is 9.46 Å². The largest absolute Gasteiger partial charge is 0.497 e. The SMILES string of the molecule is COc1ccc(C(O[C@H]2C[C@@H](n3ccc(NC(=O)c4ccccc4)nc3=O)O[C@@H]2COP(OCCC#N)N(C(C)C)C(C)C)(c2ccccc2)c2ccc(OC)cc2)cc1. The molecule has 5 aromatic rings. The number of hydrogen-bond acceptors (Lipinski definition) is 11. The van der Waals surface area contributed by atoms with Gasteiger partial charge in [0.05, 0.1) is 46.0 Å². The van der Waals surface area contributed by atoms with Gasteiger partial charge in [-0.15, -0.1) is 0 Å². The summed E-state index contributed by atoms with van der Waals surface area (Å²) in [6.45, 7) is 8.53. The van der Waals surface area contributed by atoms with E-state index in [0.29, 0.717) is 17.1 Å².